The molecule has 0 saturated carbocycles. The van der Waals surface area contributed by atoms with E-state index in [0.717, 1.165) is 11.1 Å². The monoisotopic (exact) mass is 361 g/mol. The molecule has 25 heavy (non-hydrogen) atoms. The molecule has 0 radical (unpaired) electrons. The van der Waals surface area contributed by atoms with Gasteiger partial charge in [0.05, 0.1) is 25.7 Å². The number of hydrogen-bond acceptors (Lipinski definition) is 3. The van der Waals surface area contributed by atoms with Gasteiger partial charge in [0.2, 0.25) is 5.91 Å². The van der Waals surface area contributed by atoms with Crippen molar-refractivity contribution in [2.24, 2.45) is 0 Å². The van der Waals surface area contributed by atoms with Gasteiger partial charge in [0.25, 0.3) is 0 Å². The van der Waals surface area contributed by atoms with Crippen molar-refractivity contribution >= 4 is 17.5 Å². The highest BCUT2D eigenvalue weighted by molar-refractivity contribution is 6.30. The molecule has 0 heterocycles. The van der Waals surface area contributed by atoms with E-state index in [1.54, 1.807) is 12.1 Å². The number of ether oxygens (including phenoxy) is 2. The maximum Gasteiger partial charge on any atom is 0.224 e. The highest BCUT2D eigenvalue weighted by Gasteiger charge is 2.13. The number of carbonyl (C=O) groups excluding carboxylic acids is 1. The molecule has 1 atom stereocenters. The lowest BCUT2D eigenvalue weighted by molar-refractivity contribution is -0.121. The summed E-state index contributed by atoms with van der Waals surface area (Å²) in [6, 6.07) is 12.9. The highest BCUT2D eigenvalue weighted by atomic mass is 35.5. The predicted octanol–water partition coefficient (Wildman–Crippen LogP) is 4.56. The molecule has 2 aromatic carbocycles. The van der Waals surface area contributed by atoms with Crippen LogP contribution in [0.3, 0.4) is 0 Å². The zero-order chi connectivity index (χ0) is 18.2. The van der Waals surface area contributed by atoms with Crippen LogP contribution in [0.1, 0.15) is 37.9 Å². The Morgan fingerprint density at radius 1 is 1.08 bits per heavy atom. The summed E-state index contributed by atoms with van der Waals surface area (Å²) in [6.45, 7) is 6.94. The second kappa shape index (κ2) is 9.33. The van der Waals surface area contributed by atoms with Crippen LogP contribution in [0.2, 0.25) is 5.02 Å². The topological polar surface area (TPSA) is 47.6 Å². The van der Waals surface area contributed by atoms with Gasteiger partial charge in [-0.25, -0.2) is 0 Å². The largest absolute Gasteiger partial charge is 0.490 e. The lowest BCUT2D eigenvalue weighted by atomic mass is 10.1. The average Bonchev–Trinajstić information content (AvgIpc) is 2.56. The molecule has 0 fully saturated rings. The lowest BCUT2D eigenvalue weighted by Crippen LogP contribution is -2.28. The molecule has 1 N–H and O–H groups in total. The zero-order valence-corrected chi connectivity index (χ0v) is 15.6. The minimum Gasteiger partial charge on any atom is -0.490 e. The summed E-state index contributed by atoms with van der Waals surface area (Å²) < 4.78 is 11.2. The third-order valence-corrected chi connectivity index (χ3v) is 3.93. The van der Waals surface area contributed by atoms with E-state index in [1.165, 1.54) is 0 Å². The molecule has 1 unspecified atom stereocenters. The molecular weight excluding hydrogens is 338 g/mol. The first kappa shape index (κ1) is 19.1. The Kier molecular flexibility index (Phi) is 7.14. The Hall–Kier alpha value is -2.20. The van der Waals surface area contributed by atoms with Gasteiger partial charge < -0.3 is 14.8 Å². The Bertz CT molecular complexity index is 718. The molecule has 0 spiro atoms. The molecule has 2 rings (SSSR count). The normalized spacial score (nSPS) is 11.7. The van der Waals surface area contributed by atoms with E-state index in [-0.39, 0.29) is 11.9 Å². The lowest BCUT2D eigenvalue weighted by Gasteiger charge is -2.17. The van der Waals surface area contributed by atoms with E-state index >= 15 is 0 Å². The summed E-state index contributed by atoms with van der Waals surface area (Å²) in [5.41, 5.74) is 1.85. The summed E-state index contributed by atoms with van der Waals surface area (Å²) in [7, 11) is 0. The second-order valence-corrected chi connectivity index (χ2v) is 6.10. The fourth-order valence-electron chi connectivity index (χ4n) is 2.55. The molecule has 0 aliphatic heterocycles. The average molecular weight is 362 g/mol. The molecular formula is C20H24ClNO3. The van der Waals surface area contributed by atoms with Gasteiger partial charge in [-0.1, -0.05) is 29.8 Å². The third-order valence-electron chi connectivity index (χ3n) is 3.70. The summed E-state index contributed by atoms with van der Waals surface area (Å²) in [6.07, 6.45) is 0.292. The van der Waals surface area contributed by atoms with E-state index in [4.69, 9.17) is 21.1 Å². The summed E-state index contributed by atoms with van der Waals surface area (Å²) in [5.74, 6) is 1.35. The van der Waals surface area contributed by atoms with Gasteiger partial charge in [-0.3, -0.25) is 4.79 Å². The molecule has 0 bridgehead atoms. The summed E-state index contributed by atoms with van der Waals surface area (Å²) in [5, 5.41) is 3.64. The molecule has 5 heteroatoms. The first-order valence-corrected chi connectivity index (χ1v) is 8.84. The molecule has 0 aliphatic carbocycles. The van der Waals surface area contributed by atoms with Crippen molar-refractivity contribution in [1.82, 2.24) is 5.32 Å². The molecule has 4 nitrogen and oxygen atoms in total. The number of rotatable bonds is 8. The van der Waals surface area contributed by atoms with Crippen molar-refractivity contribution in [1.29, 1.82) is 0 Å². The number of halogens is 1. The van der Waals surface area contributed by atoms with Crippen LogP contribution in [0.4, 0.5) is 0 Å². The van der Waals surface area contributed by atoms with Gasteiger partial charge in [-0.05, 0) is 56.2 Å². The van der Waals surface area contributed by atoms with E-state index in [1.807, 2.05) is 51.1 Å². The quantitative estimate of drug-likeness (QED) is 0.749. The van der Waals surface area contributed by atoms with Crippen molar-refractivity contribution in [2.45, 2.75) is 33.2 Å². The van der Waals surface area contributed by atoms with Crippen LogP contribution in [0.5, 0.6) is 11.5 Å². The van der Waals surface area contributed by atoms with Crippen LogP contribution in [-0.2, 0) is 11.2 Å². The van der Waals surface area contributed by atoms with Crippen LogP contribution in [0.25, 0.3) is 0 Å². The Morgan fingerprint density at radius 3 is 2.48 bits per heavy atom. The van der Waals surface area contributed by atoms with Crippen LogP contribution in [0.15, 0.2) is 42.5 Å². The van der Waals surface area contributed by atoms with Crippen LogP contribution >= 0.6 is 11.6 Å². The van der Waals surface area contributed by atoms with Crippen LogP contribution < -0.4 is 14.8 Å². The molecule has 0 saturated heterocycles. The summed E-state index contributed by atoms with van der Waals surface area (Å²) >= 11 is 5.96. The van der Waals surface area contributed by atoms with Crippen molar-refractivity contribution in [3.05, 3.63) is 58.6 Å². The first-order chi connectivity index (χ1) is 12.0. The van der Waals surface area contributed by atoms with Gasteiger partial charge in [-0.2, -0.15) is 0 Å². The van der Waals surface area contributed by atoms with E-state index in [9.17, 15) is 4.79 Å². The minimum absolute atomic E-state index is 0.0541. The van der Waals surface area contributed by atoms with Gasteiger partial charge in [-0.15, -0.1) is 0 Å². The van der Waals surface area contributed by atoms with Crippen LogP contribution in [0, 0.1) is 0 Å². The highest BCUT2D eigenvalue weighted by Crippen LogP contribution is 2.30. The molecule has 1 amide bonds. The van der Waals surface area contributed by atoms with Gasteiger partial charge in [0.1, 0.15) is 0 Å². The smallest absolute Gasteiger partial charge is 0.224 e. The van der Waals surface area contributed by atoms with E-state index < -0.39 is 0 Å². The molecule has 0 aromatic heterocycles. The number of carbonyl (C=O) groups is 1. The second-order valence-electron chi connectivity index (χ2n) is 5.67. The molecule has 0 aliphatic rings. The van der Waals surface area contributed by atoms with Crippen molar-refractivity contribution in [3.63, 3.8) is 0 Å². The van der Waals surface area contributed by atoms with Crippen LogP contribution in [-0.4, -0.2) is 19.1 Å². The number of hydrogen-bond donors (Lipinski definition) is 1. The Morgan fingerprint density at radius 2 is 1.80 bits per heavy atom. The van der Waals surface area contributed by atoms with Gasteiger partial charge >= 0.3 is 0 Å². The molecule has 2 aromatic rings. The van der Waals surface area contributed by atoms with Crippen molar-refractivity contribution in [3.8, 4) is 11.5 Å². The maximum absolute atomic E-state index is 12.3. The number of nitrogens with one attached hydrogen (secondary N) is 1. The van der Waals surface area contributed by atoms with E-state index in [0.29, 0.717) is 36.2 Å². The van der Waals surface area contributed by atoms with Crippen molar-refractivity contribution < 1.29 is 14.3 Å². The number of benzene rings is 2. The minimum atomic E-state index is -0.137. The predicted molar refractivity (Wildman–Crippen MR) is 100 cm³/mol. The van der Waals surface area contributed by atoms with E-state index in [2.05, 4.69) is 5.32 Å². The standard InChI is InChI=1S/C20H24ClNO3/c1-4-24-18-10-9-16(13-19(18)25-5-2)14(3)22-20(23)12-15-7-6-8-17(21)11-15/h6-11,13-14H,4-5,12H2,1-3H3,(H,22,23). The fraction of sp³-hybridized carbons (Fsp3) is 0.350. The zero-order valence-electron chi connectivity index (χ0n) is 14.8. The maximum atomic E-state index is 12.3. The Balaban J connectivity index is 2.05. The fourth-order valence-corrected chi connectivity index (χ4v) is 2.76. The SMILES string of the molecule is CCOc1ccc(C(C)NC(=O)Cc2cccc(Cl)c2)cc1OCC. The first-order valence-electron chi connectivity index (χ1n) is 8.46. The Labute approximate surface area is 154 Å². The summed E-state index contributed by atoms with van der Waals surface area (Å²) in [4.78, 5) is 12.3. The number of amides is 1. The van der Waals surface area contributed by atoms with Gasteiger partial charge in [0, 0.05) is 5.02 Å². The third kappa shape index (κ3) is 5.68. The van der Waals surface area contributed by atoms with Crippen molar-refractivity contribution in [2.75, 3.05) is 13.2 Å². The van der Waals surface area contributed by atoms with Gasteiger partial charge in [0.15, 0.2) is 11.5 Å². The molecule has 134 valence electrons.